The Hall–Kier alpha value is -0.570. The summed E-state index contributed by atoms with van der Waals surface area (Å²) in [6.45, 7) is 4.69. The summed E-state index contributed by atoms with van der Waals surface area (Å²) >= 11 is 0. The van der Waals surface area contributed by atoms with Crippen molar-refractivity contribution in [3.63, 3.8) is 0 Å². The van der Waals surface area contributed by atoms with Crippen LogP contribution in [-0.4, -0.2) is 25.7 Å². The Bertz CT molecular complexity index is 187. The first-order valence-corrected chi connectivity index (χ1v) is 4.05. The minimum atomic E-state index is 0.197. The molecular weight excluding hydrogens is 142 g/mol. The summed E-state index contributed by atoms with van der Waals surface area (Å²) in [6.07, 6.45) is 0.694. The van der Waals surface area contributed by atoms with Crippen LogP contribution in [0.1, 0.15) is 13.3 Å². The number of carbonyl (C=O) groups is 1. The lowest BCUT2D eigenvalue weighted by Gasteiger charge is -2.42. The summed E-state index contributed by atoms with van der Waals surface area (Å²) < 4.78 is 5.15. The van der Waals surface area contributed by atoms with Crippen LogP contribution in [0, 0.1) is 11.3 Å². The molecule has 0 radical (unpaired) electrons. The van der Waals surface area contributed by atoms with Crippen LogP contribution in [0.4, 0.5) is 0 Å². The molecule has 2 heterocycles. The molecule has 3 heteroatoms. The van der Waals surface area contributed by atoms with Crippen molar-refractivity contribution in [1.29, 1.82) is 0 Å². The number of amides is 1. The molecule has 1 amide bonds. The summed E-state index contributed by atoms with van der Waals surface area (Å²) in [5.74, 6) is 0.701. The van der Waals surface area contributed by atoms with Gasteiger partial charge in [-0.1, -0.05) is 6.92 Å². The minimum Gasteiger partial charge on any atom is -0.380 e. The maximum atomic E-state index is 10.9. The van der Waals surface area contributed by atoms with Gasteiger partial charge in [0, 0.05) is 18.4 Å². The van der Waals surface area contributed by atoms with E-state index >= 15 is 0 Å². The van der Waals surface area contributed by atoms with Gasteiger partial charge in [-0.05, 0) is 5.92 Å². The molecule has 0 spiro atoms. The first-order chi connectivity index (χ1) is 5.21. The zero-order valence-electron chi connectivity index (χ0n) is 6.72. The Morgan fingerprint density at radius 2 is 2.36 bits per heavy atom. The van der Waals surface area contributed by atoms with Crippen LogP contribution in [0.2, 0.25) is 0 Å². The highest BCUT2D eigenvalue weighted by Gasteiger charge is 2.44. The summed E-state index contributed by atoms with van der Waals surface area (Å²) in [4.78, 5) is 10.9. The largest absolute Gasteiger partial charge is 0.380 e. The molecule has 2 rings (SSSR count). The van der Waals surface area contributed by atoms with Gasteiger partial charge in [0.25, 0.3) is 0 Å². The molecule has 0 bridgehead atoms. The fraction of sp³-hybridized carbons (Fsp3) is 0.875. The Labute approximate surface area is 66.1 Å². The van der Waals surface area contributed by atoms with Crippen molar-refractivity contribution >= 4 is 5.91 Å². The molecular formula is C8H13NO2. The monoisotopic (exact) mass is 155 g/mol. The van der Waals surface area contributed by atoms with Gasteiger partial charge in [-0.2, -0.15) is 0 Å². The fourth-order valence-corrected chi connectivity index (χ4v) is 1.76. The lowest BCUT2D eigenvalue weighted by atomic mass is 9.75. The first-order valence-electron chi connectivity index (χ1n) is 4.05. The summed E-state index contributed by atoms with van der Waals surface area (Å²) in [5, 5.41) is 2.85. The third-order valence-electron chi connectivity index (χ3n) is 2.83. The molecule has 0 aromatic heterocycles. The van der Waals surface area contributed by atoms with Gasteiger partial charge in [0.1, 0.15) is 0 Å². The number of hydrogen-bond acceptors (Lipinski definition) is 2. The second-order valence-electron chi connectivity index (χ2n) is 3.85. The highest BCUT2D eigenvalue weighted by molar-refractivity contribution is 5.78. The van der Waals surface area contributed by atoms with Crippen molar-refractivity contribution < 1.29 is 9.53 Å². The van der Waals surface area contributed by atoms with Gasteiger partial charge in [0.2, 0.25) is 5.91 Å². The SMILES string of the molecule is CC1(C2CNC(=O)C2)COC1. The van der Waals surface area contributed by atoms with E-state index < -0.39 is 0 Å². The molecule has 2 fully saturated rings. The van der Waals surface area contributed by atoms with Crippen molar-refractivity contribution in [3.8, 4) is 0 Å². The van der Waals surface area contributed by atoms with Crippen LogP contribution in [0.3, 0.4) is 0 Å². The van der Waals surface area contributed by atoms with E-state index in [0.717, 1.165) is 19.8 Å². The standard InChI is InChI=1S/C8H13NO2/c1-8(4-11-5-8)6-2-7(10)9-3-6/h6H,2-5H2,1H3,(H,9,10). The van der Waals surface area contributed by atoms with Crippen LogP contribution in [0.25, 0.3) is 0 Å². The zero-order valence-corrected chi connectivity index (χ0v) is 6.72. The Kier molecular flexibility index (Phi) is 1.42. The van der Waals surface area contributed by atoms with Crippen LogP contribution < -0.4 is 5.32 Å². The van der Waals surface area contributed by atoms with Crippen LogP contribution >= 0.6 is 0 Å². The average molecular weight is 155 g/mol. The van der Waals surface area contributed by atoms with Crippen LogP contribution in [0.5, 0.6) is 0 Å². The predicted molar refractivity (Wildman–Crippen MR) is 40.0 cm³/mol. The average Bonchev–Trinajstić information content (AvgIpc) is 2.31. The second kappa shape index (κ2) is 2.21. The molecule has 2 aliphatic rings. The number of hydrogen-bond donors (Lipinski definition) is 1. The maximum absolute atomic E-state index is 10.9. The van der Waals surface area contributed by atoms with Crippen molar-refractivity contribution in [2.75, 3.05) is 19.8 Å². The molecule has 11 heavy (non-hydrogen) atoms. The van der Waals surface area contributed by atoms with Gasteiger partial charge in [-0.25, -0.2) is 0 Å². The molecule has 3 nitrogen and oxygen atoms in total. The van der Waals surface area contributed by atoms with Crippen molar-refractivity contribution in [3.05, 3.63) is 0 Å². The Morgan fingerprint density at radius 1 is 1.64 bits per heavy atom. The van der Waals surface area contributed by atoms with Gasteiger partial charge < -0.3 is 10.1 Å². The Balaban J connectivity index is 2.00. The third kappa shape index (κ3) is 1.03. The summed E-state index contributed by atoms with van der Waals surface area (Å²) in [5.41, 5.74) is 0.277. The van der Waals surface area contributed by atoms with Crippen molar-refractivity contribution in [1.82, 2.24) is 5.32 Å². The van der Waals surface area contributed by atoms with E-state index in [4.69, 9.17) is 4.74 Å². The highest BCUT2D eigenvalue weighted by atomic mass is 16.5. The summed E-state index contributed by atoms with van der Waals surface area (Å²) in [7, 11) is 0. The van der Waals surface area contributed by atoms with E-state index in [-0.39, 0.29) is 11.3 Å². The number of rotatable bonds is 1. The molecule has 0 aromatic rings. The lowest BCUT2D eigenvalue weighted by molar-refractivity contribution is -0.134. The van der Waals surface area contributed by atoms with E-state index in [9.17, 15) is 4.79 Å². The third-order valence-corrected chi connectivity index (χ3v) is 2.83. The highest BCUT2D eigenvalue weighted by Crippen LogP contribution is 2.38. The normalized spacial score (nSPS) is 34.6. The minimum absolute atomic E-state index is 0.197. The molecule has 2 aliphatic heterocycles. The number of carbonyl (C=O) groups excluding carboxylic acids is 1. The van der Waals surface area contributed by atoms with Crippen molar-refractivity contribution in [2.45, 2.75) is 13.3 Å². The van der Waals surface area contributed by atoms with Gasteiger partial charge in [0.05, 0.1) is 13.2 Å². The molecule has 0 aromatic carbocycles. The Morgan fingerprint density at radius 3 is 2.73 bits per heavy atom. The topological polar surface area (TPSA) is 38.3 Å². The van der Waals surface area contributed by atoms with E-state index in [1.165, 1.54) is 0 Å². The predicted octanol–water partition coefficient (Wildman–Crippen LogP) is 0.159. The van der Waals surface area contributed by atoms with Crippen LogP contribution in [0.15, 0.2) is 0 Å². The zero-order chi connectivity index (χ0) is 7.90. The van der Waals surface area contributed by atoms with Crippen LogP contribution in [-0.2, 0) is 9.53 Å². The van der Waals surface area contributed by atoms with E-state index in [2.05, 4.69) is 12.2 Å². The molecule has 1 unspecified atom stereocenters. The van der Waals surface area contributed by atoms with Gasteiger partial charge in [-0.15, -0.1) is 0 Å². The first kappa shape index (κ1) is 7.10. The molecule has 62 valence electrons. The molecule has 0 aliphatic carbocycles. The quantitative estimate of drug-likeness (QED) is 0.585. The van der Waals surface area contributed by atoms with E-state index in [1.54, 1.807) is 0 Å². The maximum Gasteiger partial charge on any atom is 0.220 e. The summed E-state index contributed by atoms with van der Waals surface area (Å²) in [6, 6.07) is 0. The van der Waals surface area contributed by atoms with Gasteiger partial charge >= 0.3 is 0 Å². The molecule has 1 N–H and O–H groups in total. The van der Waals surface area contributed by atoms with Crippen molar-refractivity contribution in [2.24, 2.45) is 11.3 Å². The second-order valence-corrected chi connectivity index (χ2v) is 3.85. The smallest absolute Gasteiger partial charge is 0.220 e. The number of ether oxygens (including phenoxy) is 1. The van der Waals surface area contributed by atoms with Gasteiger partial charge in [-0.3, -0.25) is 4.79 Å². The molecule has 2 saturated heterocycles. The number of nitrogens with one attached hydrogen (secondary N) is 1. The molecule has 1 atom stereocenters. The molecule has 0 saturated carbocycles. The lowest BCUT2D eigenvalue weighted by Crippen LogP contribution is -2.46. The van der Waals surface area contributed by atoms with Gasteiger partial charge in [0.15, 0.2) is 0 Å². The fourth-order valence-electron chi connectivity index (χ4n) is 1.76. The van der Waals surface area contributed by atoms with E-state index in [0.29, 0.717) is 12.3 Å². The van der Waals surface area contributed by atoms with E-state index in [1.807, 2.05) is 0 Å².